The number of carbonyl (C=O) groups is 2. The number of oxazole rings is 1. The Hall–Kier alpha value is -3.62. The minimum absolute atomic E-state index is 0.223. The summed E-state index contributed by atoms with van der Waals surface area (Å²) in [5.74, 6) is -0.299. The lowest BCUT2D eigenvalue weighted by Gasteiger charge is -2.30. The number of rotatable bonds is 10. The number of benzene rings is 2. The van der Waals surface area contributed by atoms with Gasteiger partial charge in [-0.1, -0.05) is 41.9 Å². The molecule has 1 aliphatic heterocycles. The van der Waals surface area contributed by atoms with Crippen molar-refractivity contribution in [3.8, 4) is 0 Å². The summed E-state index contributed by atoms with van der Waals surface area (Å²) in [5, 5.41) is 1.91. The zero-order valence-corrected chi connectivity index (χ0v) is 22.8. The Kier molecular flexibility index (Phi) is 8.64. The summed E-state index contributed by atoms with van der Waals surface area (Å²) in [4.78, 5) is 37.2. The second kappa shape index (κ2) is 12.5. The molecule has 1 saturated heterocycles. The Labute approximate surface area is 232 Å². The number of H-pyrrole nitrogens is 1. The maximum Gasteiger partial charge on any atom is 0.310 e. The number of hydrogen-bond donors (Lipinski definition) is 1. The number of ether oxygens (including phenoxy) is 1. The molecular formula is C30H33ClN4O4. The van der Waals surface area contributed by atoms with Crippen LogP contribution in [-0.2, 0) is 29.0 Å². The first-order valence-electron chi connectivity index (χ1n) is 13.4. The van der Waals surface area contributed by atoms with Gasteiger partial charge in [-0.25, -0.2) is 4.98 Å². The molecule has 2 aromatic carbocycles. The van der Waals surface area contributed by atoms with Crippen LogP contribution in [0.4, 0.5) is 0 Å². The Morgan fingerprint density at radius 3 is 2.92 bits per heavy atom. The number of hydrogen-bond acceptors (Lipinski definition) is 6. The fourth-order valence-electron chi connectivity index (χ4n) is 5.17. The SMILES string of the molecule is CCOC(=O)[C@@H]1CCCN(C(=O)c2coc(CN(CCc3c[nH]c4ccccc34)Cc3cccc(Cl)c3)n2)C1. The molecule has 1 amide bonds. The van der Waals surface area contributed by atoms with Crippen LogP contribution in [0.15, 0.2) is 65.4 Å². The van der Waals surface area contributed by atoms with Crippen LogP contribution < -0.4 is 0 Å². The summed E-state index contributed by atoms with van der Waals surface area (Å²) in [6.45, 7) is 4.90. The molecule has 0 saturated carbocycles. The number of para-hydroxylation sites is 1. The zero-order chi connectivity index (χ0) is 27.2. The first-order valence-corrected chi connectivity index (χ1v) is 13.8. The molecule has 4 aromatic rings. The number of esters is 1. The average molecular weight is 549 g/mol. The van der Waals surface area contributed by atoms with E-state index in [0.29, 0.717) is 43.7 Å². The highest BCUT2D eigenvalue weighted by atomic mass is 35.5. The molecule has 39 heavy (non-hydrogen) atoms. The third-order valence-electron chi connectivity index (χ3n) is 7.13. The van der Waals surface area contributed by atoms with Crippen molar-refractivity contribution >= 4 is 34.4 Å². The van der Waals surface area contributed by atoms with Crippen molar-refractivity contribution in [3.05, 3.63) is 88.7 Å². The molecule has 0 spiro atoms. The summed E-state index contributed by atoms with van der Waals surface area (Å²) < 4.78 is 10.9. The standard InChI is InChI=1S/C30H33ClN4O4/c1-2-38-30(37)23-8-6-13-35(18-23)29(36)27-20-39-28(33-27)19-34(17-21-7-5-9-24(31)15-21)14-12-22-16-32-26-11-4-3-10-25(22)26/h3-5,7,9-11,15-16,20,23,32H,2,6,8,12-14,17-19H2,1H3/t23-/m1/s1. The van der Waals surface area contributed by atoms with Gasteiger partial charge in [-0.05, 0) is 55.5 Å². The van der Waals surface area contributed by atoms with Crippen LogP contribution in [0.1, 0.15) is 47.3 Å². The summed E-state index contributed by atoms with van der Waals surface area (Å²) in [7, 11) is 0. The van der Waals surface area contributed by atoms with Gasteiger partial charge in [-0.2, -0.15) is 0 Å². The number of nitrogens with one attached hydrogen (secondary N) is 1. The Morgan fingerprint density at radius 1 is 1.21 bits per heavy atom. The van der Waals surface area contributed by atoms with Gasteiger partial charge in [0.25, 0.3) is 5.91 Å². The van der Waals surface area contributed by atoms with Crippen molar-refractivity contribution in [2.24, 2.45) is 5.92 Å². The van der Waals surface area contributed by atoms with Gasteiger partial charge < -0.3 is 19.0 Å². The van der Waals surface area contributed by atoms with Gasteiger partial charge in [0.1, 0.15) is 6.26 Å². The van der Waals surface area contributed by atoms with Gasteiger partial charge in [0, 0.05) is 48.3 Å². The summed E-state index contributed by atoms with van der Waals surface area (Å²) in [5.41, 5.74) is 3.70. The highest BCUT2D eigenvalue weighted by molar-refractivity contribution is 6.30. The number of likely N-dealkylation sites (tertiary alicyclic amines) is 1. The van der Waals surface area contributed by atoms with Crippen molar-refractivity contribution in [2.75, 3.05) is 26.2 Å². The van der Waals surface area contributed by atoms with Crippen LogP contribution in [-0.4, -0.2) is 57.9 Å². The van der Waals surface area contributed by atoms with Crippen LogP contribution in [0.3, 0.4) is 0 Å². The smallest absolute Gasteiger partial charge is 0.310 e. The third kappa shape index (κ3) is 6.69. The number of aromatic amines is 1. The van der Waals surface area contributed by atoms with Crippen LogP contribution in [0.2, 0.25) is 5.02 Å². The first kappa shape index (κ1) is 27.0. The number of piperidine rings is 1. The van der Waals surface area contributed by atoms with Crippen LogP contribution in [0, 0.1) is 5.92 Å². The number of nitrogens with zero attached hydrogens (tertiary/aromatic N) is 3. The number of carbonyl (C=O) groups excluding carboxylic acids is 2. The fourth-order valence-corrected chi connectivity index (χ4v) is 5.39. The number of aromatic nitrogens is 2. The molecule has 9 heteroatoms. The van der Waals surface area contributed by atoms with E-state index in [9.17, 15) is 9.59 Å². The third-order valence-corrected chi connectivity index (χ3v) is 7.36. The van der Waals surface area contributed by atoms with Crippen LogP contribution in [0.5, 0.6) is 0 Å². The molecule has 204 valence electrons. The minimum atomic E-state index is -0.299. The molecule has 5 rings (SSSR count). The van der Waals surface area contributed by atoms with E-state index in [4.69, 9.17) is 20.8 Å². The summed E-state index contributed by atoms with van der Waals surface area (Å²) in [6.07, 6.45) is 5.79. The fraction of sp³-hybridized carbons (Fsp3) is 0.367. The van der Waals surface area contributed by atoms with E-state index in [2.05, 4.69) is 33.2 Å². The molecule has 1 aliphatic rings. The van der Waals surface area contributed by atoms with E-state index in [1.807, 2.05) is 36.4 Å². The van der Waals surface area contributed by atoms with Gasteiger partial charge in [0.15, 0.2) is 5.69 Å². The molecule has 2 aromatic heterocycles. The molecule has 0 aliphatic carbocycles. The molecule has 8 nitrogen and oxygen atoms in total. The number of halogens is 1. The molecule has 0 unspecified atom stereocenters. The van der Waals surface area contributed by atoms with E-state index < -0.39 is 0 Å². The second-order valence-electron chi connectivity index (χ2n) is 9.92. The Bertz CT molecular complexity index is 1430. The maximum absolute atomic E-state index is 13.2. The molecular weight excluding hydrogens is 516 g/mol. The second-order valence-corrected chi connectivity index (χ2v) is 10.4. The van der Waals surface area contributed by atoms with Gasteiger partial charge in [0.2, 0.25) is 5.89 Å². The molecule has 0 radical (unpaired) electrons. The van der Waals surface area contributed by atoms with E-state index >= 15 is 0 Å². The predicted molar refractivity (Wildman–Crippen MR) is 149 cm³/mol. The molecule has 1 atom stereocenters. The molecule has 1 fully saturated rings. The summed E-state index contributed by atoms with van der Waals surface area (Å²) >= 11 is 6.25. The largest absolute Gasteiger partial charge is 0.466 e. The minimum Gasteiger partial charge on any atom is -0.466 e. The highest BCUT2D eigenvalue weighted by Crippen LogP contribution is 2.22. The maximum atomic E-state index is 13.2. The summed E-state index contributed by atoms with van der Waals surface area (Å²) in [6, 6.07) is 16.1. The monoisotopic (exact) mass is 548 g/mol. The van der Waals surface area contributed by atoms with E-state index in [1.165, 1.54) is 17.2 Å². The van der Waals surface area contributed by atoms with E-state index in [-0.39, 0.29) is 23.5 Å². The van der Waals surface area contributed by atoms with E-state index in [1.54, 1.807) is 11.8 Å². The predicted octanol–water partition coefficient (Wildman–Crippen LogP) is 5.47. The molecule has 3 heterocycles. The zero-order valence-electron chi connectivity index (χ0n) is 22.1. The van der Waals surface area contributed by atoms with E-state index in [0.717, 1.165) is 36.9 Å². The van der Waals surface area contributed by atoms with Crippen LogP contribution >= 0.6 is 11.6 Å². The van der Waals surface area contributed by atoms with Crippen LogP contribution in [0.25, 0.3) is 10.9 Å². The first-order chi connectivity index (χ1) is 19.0. The van der Waals surface area contributed by atoms with Crippen molar-refractivity contribution in [3.63, 3.8) is 0 Å². The Balaban J connectivity index is 1.28. The quantitative estimate of drug-likeness (QED) is 0.264. The molecule has 0 bridgehead atoms. The lowest BCUT2D eigenvalue weighted by molar-refractivity contribution is -0.149. The Morgan fingerprint density at radius 2 is 2.08 bits per heavy atom. The average Bonchev–Trinajstić information content (AvgIpc) is 3.59. The van der Waals surface area contributed by atoms with Crippen molar-refractivity contribution < 1.29 is 18.7 Å². The van der Waals surface area contributed by atoms with Crippen molar-refractivity contribution in [1.82, 2.24) is 19.8 Å². The topological polar surface area (TPSA) is 91.7 Å². The normalized spacial score (nSPS) is 15.7. The number of amides is 1. The van der Waals surface area contributed by atoms with Gasteiger partial charge in [0.05, 0.1) is 19.1 Å². The van der Waals surface area contributed by atoms with Gasteiger partial charge in [-0.3, -0.25) is 14.5 Å². The molecule has 1 N–H and O–H groups in total. The van der Waals surface area contributed by atoms with Gasteiger partial charge >= 0.3 is 5.97 Å². The lowest BCUT2D eigenvalue weighted by atomic mass is 9.98. The highest BCUT2D eigenvalue weighted by Gasteiger charge is 2.31. The lowest BCUT2D eigenvalue weighted by Crippen LogP contribution is -2.43. The van der Waals surface area contributed by atoms with Gasteiger partial charge in [-0.15, -0.1) is 0 Å². The van der Waals surface area contributed by atoms with Crippen molar-refractivity contribution in [1.29, 1.82) is 0 Å². The number of fused-ring (bicyclic) bond motifs is 1. The van der Waals surface area contributed by atoms with Crippen molar-refractivity contribution in [2.45, 2.75) is 39.3 Å².